The summed E-state index contributed by atoms with van der Waals surface area (Å²) in [6, 6.07) is 0. The summed E-state index contributed by atoms with van der Waals surface area (Å²) in [5, 5.41) is 19.9. The Morgan fingerprint density at radius 1 is 1.63 bits per heavy atom. The Morgan fingerprint density at radius 2 is 2.32 bits per heavy atom. The van der Waals surface area contributed by atoms with Gasteiger partial charge >= 0.3 is 5.97 Å². The lowest BCUT2D eigenvalue weighted by molar-refractivity contribution is -0.147. The molecule has 1 aliphatic carbocycles. The second-order valence-electron chi connectivity index (χ2n) is 5.30. The van der Waals surface area contributed by atoms with Crippen LogP contribution >= 0.6 is 0 Å². The van der Waals surface area contributed by atoms with E-state index in [4.69, 9.17) is 0 Å². The van der Waals surface area contributed by atoms with Gasteiger partial charge in [0.25, 0.3) is 0 Å². The number of carboxylic acids is 1. The minimum absolute atomic E-state index is 0.0581. The number of aliphatic carboxylic acids is 1. The summed E-state index contributed by atoms with van der Waals surface area (Å²) >= 11 is 0. The molecule has 0 aromatic carbocycles. The summed E-state index contributed by atoms with van der Waals surface area (Å²) in [7, 11) is 1.69. The highest BCUT2D eigenvalue weighted by Crippen LogP contribution is 2.58. The van der Waals surface area contributed by atoms with Crippen molar-refractivity contribution in [1.82, 2.24) is 20.3 Å². The van der Waals surface area contributed by atoms with Gasteiger partial charge in [-0.15, -0.1) is 0 Å². The Morgan fingerprint density at radius 3 is 2.74 bits per heavy atom. The summed E-state index contributed by atoms with van der Waals surface area (Å²) in [6.45, 7) is 3.95. The number of nitrogens with zero attached hydrogens (tertiary/aromatic N) is 3. The van der Waals surface area contributed by atoms with Crippen molar-refractivity contribution in [3.05, 3.63) is 11.9 Å². The lowest BCUT2D eigenvalue weighted by Crippen LogP contribution is -2.32. The quantitative estimate of drug-likeness (QED) is 0.792. The van der Waals surface area contributed by atoms with Gasteiger partial charge in [0.05, 0.1) is 24.1 Å². The molecule has 1 fully saturated rings. The van der Waals surface area contributed by atoms with Crippen LogP contribution in [0.3, 0.4) is 0 Å². The van der Waals surface area contributed by atoms with Crippen molar-refractivity contribution >= 4 is 11.9 Å². The molecule has 19 heavy (non-hydrogen) atoms. The van der Waals surface area contributed by atoms with Gasteiger partial charge in [-0.2, -0.15) is 15.0 Å². The monoisotopic (exact) mass is 266 g/mol. The van der Waals surface area contributed by atoms with Crippen LogP contribution in [0, 0.1) is 17.3 Å². The second-order valence-corrected chi connectivity index (χ2v) is 5.30. The molecule has 104 valence electrons. The van der Waals surface area contributed by atoms with E-state index in [2.05, 4.69) is 15.5 Å². The second kappa shape index (κ2) is 4.64. The summed E-state index contributed by atoms with van der Waals surface area (Å²) in [6.07, 6.45) is 1.98. The van der Waals surface area contributed by atoms with Crippen molar-refractivity contribution in [2.75, 3.05) is 0 Å². The van der Waals surface area contributed by atoms with Crippen LogP contribution in [-0.2, 0) is 23.2 Å². The minimum Gasteiger partial charge on any atom is -0.481 e. The van der Waals surface area contributed by atoms with Gasteiger partial charge in [0.1, 0.15) is 5.69 Å². The number of hydrogen-bond acceptors (Lipinski definition) is 4. The first kappa shape index (κ1) is 13.5. The van der Waals surface area contributed by atoms with Crippen molar-refractivity contribution < 1.29 is 14.7 Å². The molecule has 2 rings (SSSR count). The van der Waals surface area contributed by atoms with E-state index in [0.29, 0.717) is 12.1 Å². The molecule has 1 aliphatic rings. The molecule has 2 atom stereocenters. The van der Waals surface area contributed by atoms with Gasteiger partial charge in [-0.3, -0.25) is 9.59 Å². The first-order valence-corrected chi connectivity index (χ1v) is 6.24. The van der Waals surface area contributed by atoms with Crippen molar-refractivity contribution in [3.8, 4) is 0 Å². The average Bonchev–Trinajstić information content (AvgIpc) is 2.98. The highest BCUT2D eigenvalue weighted by molar-refractivity contribution is 5.92. The maximum Gasteiger partial charge on any atom is 0.310 e. The van der Waals surface area contributed by atoms with E-state index in [9.17, 15) is 14.7 Å². The molecule has 7 nitrogen and oxygen atoms in total. The lowest BCUT2D eigenvalue weighted by atomic mass is 9.89. The average molecular weight is 266 g/mol. The van der Waals surface area contributed by atoms with Crippen LogP contribution in [0.2, 0.25) is 0 Å². The molecule has 1 aromatic rings. The molecular weight excluding hydrogens is 248 g/mol. The van der Waals surface area contributed by atoms with Gasteiger partial charge < -0.3 is 10.4 Å². The topological polar surface area (TPSA) is 97.1 Å². The standard InChI is InChI=1S/C12H18N4O3/c1-7(2)12(11(18)19)4-9(12)10(17)13-5-8-6-14-16(3)15-8/h6-7,9H,4-5H2,1-3H3,(H,13,17)(H,18,19)/t9-,12+/m0/s1. The molecule has 0 spiro atoms. The smallest absolute Gasteiger partial charge is 0.310 e. The minimum atomic E-state index is -0.896. The van der Waals surface area contributed by atoms with Crippen LogP contribution in [0.15, 0.2) is 6.20 Å². The van der Waals surface area contributed by atoms with Crippen molar-refractivity contribution in [3.63, 3.8) is 0 Å². The molecule has 0 aliphatic heterocycles. The van der Waals surface area contributed by atoms with Gasteiger partial charge in [-0.1, -0.05) is 13.8 Å². The van der Waals surface area contributed by atoms with Crippen molar-refractivity contribution in [1.29, 1.82) is 0 Å². The van der Waals surface area contributed by atoms with E-state index in [1.54, 1.807) is 13.2 Å². The molecule has 1 aromatic heterocycles. The fourth-order valence-corrected chi connectivity index (χ4v) is 2.50. The van der Waals surface area contributed by atoms with E-state index in [-0.39, 0.29) is 18.4 Å². The molecule has 1 amide bonds. The van der Waals surface area contributed by atoms with E-state index in [1.807, 2.05) is 13.8 Å². The summed E-state index contributed by atoms with van der Waals surface area (Å²) in [5.41, 5.74) is -0.242. The van der Waals surface area contributed by atoms with Gasteiger partial charge in [0.15, 0.2) is 0 Å². The third kappa shape index (κ3) is 2.32. The Kier molecular flexibility index (Phi) is 3.30. The predicted octanol–water partition coefficient (Wildman–Crippen LogP) is 0.178. The zero-order chi connectivity index (χ0) is 14.2. The number of hydrogen-bond donors (Lipinski definition) is 2. The summed E-state index contributed by atoms with van der Waals surface area (Å²) < 4.78 is 0. The van der Waals surface area contributed by atoms with Gasteiger partial charge in [-0.05, 0) is 12.3 Å². The van der Waals surface area contributed by atoms with Gasteiger partial charge in [-0.25, -0.2) is 0 Å². The fourth-order valence-electron chi connectivity index (χ4n) is 2.50. The number of carbonyl (C=O) groups excluding carboxylic acids is 1. The number of carboxylic acid groups (broad SMARTS) is 1. The summed E-state index contributed by atoms with van der Waals surface area (Å²) in [5.74, 6) is -1.61. The molecule has 0 saturated heterocycles. The molecule has 0 bridgehead atoms. The Balaban J connectivity index is 1.94. The van der Waals surface area contributed by atoms with Gasteiger partial charge in [0.2, 0.25) is 5.91 Å². The third-order valence-corrected chi connectivity index (χ3v) is 3.84. The van der Waals surface area contributed by atoms with Crippen LogP contribution in [0.25, 0.3) is 0 Å². The Bertz CT molecular complexity index is 511. The van der Waals surface area contributed by atoms with Crippen molar-refractivity contribution in [2.45, 2.75) is 26.8 Å². The van der Waals surface area contributed by atoms with E-state index in [0.717, 1.165) is 0 Å². The first-order chi connectivity index (χ1) is 8.87. The van der Waals surface area contributed by atoms with Crippen LogP contribution in [0.4, 0.5) is 0 Å². The largest absolute Gasteiger partial charge is 0.481 e. The third-order valence-electron chi connectivity index (χ3n) is 3.84. The molecular formula is C12H18N4O3. The number of aryl methyl sites for hydroxylation is 1. The zero-order valence-electron chi connectivity index (χ0n) is 11.3. The SMILES string of the molecule is CC(C)[C@]1(C(=O)O)C[C@H]1C(=O)NCc1cnn(C)n1. The number of aromatic nitrogens is 3. The molecule has 2 N–H and O–H groups in total. The van der Waals surface area contributed by atoms with Crippen LogP contribution in [0.5, 0.6) is 0 Å². The fraction of sp³-hybridized carbons (Fsp3) is 0.667. The Labute approximate surface area is 111 Å². The van der Waals surface area contributed by atoms with Gasteiger partial charge in [0, 0.05) is 7.05 Å². The summed E-state index contributed by atoms with van der Waals surface area (Å²) in [4.78, 5) is 24.7. The molecule has 0 radical (unpaired) electrons. The van der Waals surface area contributed by atoms with E-state index >= 15 is 0 Å². The maximum absolute atomic E-state index is 12.0. The number of rotatable bonds is 5. The number of amides is 1. The van der Waals surface area contributed by atoms with Crippen LogP contribution < -0.4 is 5.32 Å². The molecule has 1 saturated carbocycles. The molecule has 1 heterocycles. The highest BCUT2D eigenvalue weighted by atomic mass is 16.4. The zero-order valence-corrected chi connectivity index (χ0v) is 11.3. The van der Waals surface area contributed by atoms with Crippen LogP contribution in [-0.4, -0.2) is 32.0 Å². The number of carbonyl (C=O) groups is 2. The Hall–Kier alpha value is -1.92. The predicted molar refractivity (Wildman–Crippen MR) is 65.9 cm³/mol. The van der Waals surface area contributed by atoms with Crippen molar-refractivity contribution in [2.24, 2.45) is 24.3 Å². The van der Waals surface area contributed by atoms with Crippen LogP contribution in [0.1, 0.15) is 26.0 Å². The number of nitrogens with one attached hydrogen (secondary N) is 1. The molecule has 7 heteroatoms. The lowest BCUT2D eigenvalue weighted by Gasteiger charge is -2.16. The van der Waals surface area contributed by atoms with E-state index in [1.165, 1.54) is 4.80 Å². The first-order valence-electron chi connectivity index (χ1n) is 6.24. The maximum atomic E-state index is 12.0. The normalized spacial score (nSPS) is 25.4. The highest BCUT2D eigenvalue weighted by Gasteiger charge is 2.65. The molecule has 0 unspecified atom stereocenters. The van der Waals surface area contributed by atoms with E-state index < -0.39 is 17.3 Å².